The number of hydrogen-bond acceptors (Lipinski definition) is 4. The second-order valence-electron chi connectivity index (χ2n) is 6.14. The minimum atomic E-state index is 0.663. The van der Waals surface area contributed by atoms with Crippen molar-refractivity contribution in [2.24, 2.45) is 0 Å². The first-order valence-corrected chi connectivity index (χ1v) is 8.09. The number of pyridine rings is 1. The van der Waals surface area contributed by atoms with Gasteiger partial charge in [0, 0.05) is 28.6 Å². The van der Waals surface area contributed by atoms with Crippen LogP contribution in [0.25, 0.3) is 33.1 Å². The first-order chi connectivity index (χ1) is 12.1. The predicted octanol–water partition coefficient (Wildman–Crippen LogP) is 4.41. The number of fused-ring (bicyclic) bond motifs is 3. The lowest BCUT2D eigenvalue weighted by Gasteiger charge is -2.09. The highest BCUT2D eigenvalue weighted by Crippen LogP contribution is 2.36. The van der Waals surface area contributed by atoms with Crippen LogP contribution in [0.5, 0.6) is 11.5 Å². The van der Waals surface area contributed by atoms with E-state index in [-0.39, 0.29) is 0 Å². The fraction of sp³-hybridized carbons (Fsp3) is 0.200. The molecule has 5 heteroatoms. The highest BCUT2D eigenvalue weighted by molar-refractivity contribution is 6.08. The molecule has 2 heterocycles. The minimum absolute atomic E-state index is 0.663. The van der Waals surface area contributed by atoms with Crippen molar-refractivity contribution in [2.45, 2.75) is 13.8 Å². The molecule has 0 saturated carbocycles. The lowest BCUT2D eigenvalue weighted by Crippen LogP contribution is -1.92. The molecular weight excluding hydrogens is 314 g/mol. The second kappa shape index (κ2) is 5.77. The largest absolute Gasteiger partial charge is 0.493 e. The van der Waals surface area contributed by atoms with Crippen molar-refractivity contribution >= 4 is 21.8 Å². The lowest BCUT2D eigenvalue weighted by molar-refractivity contribution is 0.356. The summed E-state index contributed by atoms with van der Waals surface area (Å²) in [5.74, 6) is 1.34. The lowest BCUT2D eigenvalue weighted by atomic mass is 10.0. The van der Waals surface area contributed by atoms with Crippen molar-refractivity contribution in [1.82, 2.24) is 15.2 Å². The topological polar surface area (TPSA) is 60.0 Å². The van der Waals surface area contributed by atoms with Crippen LogP contribution in [-0.4, -0.2) is 29.4 Å². The van der Waals surface area contributed by atoms with Crippen molar-refractivity contribution < 1.29 is 9.47 Å². The normalized spacial score (nSPS) is 11.2. The third kappa shape index (κ3) is 2.39. The summed E-state index contributed by atoms with van der Waals surface area (Å²) in [5.41, 5.74) is 6.27. The van der Waals surface area contributed by atoms with Crippen LogP contribution in [0.4, 0.5) is 0 Å². The Bertz CT molecular complexity index is 1100. The Morgan fingerprint density at radius 2 is 1.64 bits per heavy atom. The van der Waals surface area contributed by atoms with E-state index in [4.69, 9.17) is 9.47 Å². The zero-order valence-electron chi connectivity index (χ0n) is 14.7. The molecular formula is C20H19N3O2. The van der Waals surface area contributed by atoms with Gasteiger partial charge in [-0.15, -0.1) is 0 Å². The zero-order chi connectivity index (χ0) is 17.6. The summed E-state index contributed by atoms with van der Waals surface area (Å²) >= 11 is 0. The fourth-order valence-electron chi connectivity index (χ4n) is 3.10. The number of aromatic amines is 1. The number of hydrogen-bond donors (Lipinski definition) is 1. The Hall–Kier alpha value is -3.08. The summed E-state index contributed by atoms with van der Waals surface area (Å²) in [6.07, 6.45) is 1.86. The molecule has 2 aromatic carbocycles. The number of nitrogens with one attached hydrogen (secondary N) is 1. The Morgan fingerprint density at radius 3 is 2.36 bits per heavy atom. The van der Waals surface area contributed by atoms with Gasteiger partial charge in [-0.25, -0.2) is 0 Å². The number of ether oxygens (including phenoxy) is 2. The van der Waals surface area contributed by atoms with Crippen molar-refractivity contribution in [2.75, 3.05) is 14.2 Å². The Balaban J connectivity index is 1.98. The SMILES string of the molecule is COc1cc2ncc3c(-c4ccc(C)c(C)c4)n[nH]c3c2cc1OC. The van der Waals surface area contributed by atoms with E-state index in [1.165, 1.54) is 11.1 Å². The van der Waals surface area contributed by atoms with Gasteiger partial charge in [0.05, 0.1) is 25.3 Å². The van der Waals surface area contributed by atoms with Crippen LogP contribution >= 0.6 is 0 Å². The summed E-state index contributed by atoms with van der Waals surface area (Å²) in [6, 6.07) is 10.2. The van der Waals surface area contributed by atoms with Gasteiger partial charge in [0.15, 0.2) is 11.5 Å². The van der Waals surface area contributed by atoms with Gasteiger partial charge in [-0.05, 0) is 37.1 Å². The van der Waals surface area contributed by atoms with Crippen LogP contribution in [0.2, 0.25) is 0 Å². The number of benzene rings is 2. The predicted molar refractivity (Wildman–Crippen MR) is 99.4 cm³/mol. The molecule has 0 aliphatic heterocycles. The number of rotatable bonds is 3. The maximum atomic E-state index is 5.43. The number of aromatic nitrogens is 3. The molecule has 0 radical (unpaired) electrons. The average Bonchev–Trinajstić information content (AvgIpc) is 3.07. The Labute approximate surface area is 145 Å². The van der Waals surface area contributed by atoms with Crippen LogP contribution in [0.15, 0.2) is 36.5 Å². The molecule has 4 aromatic rings. The smallest absolute Gasteiger partial charge is 0.162 e. The minimum Gasteiger partial charge on any atom is -0.493 e. The molecule has 0 aliphatic carbocycles. The van der Waals surface area contributed by atoms with Crippen LogP contribution in [-0.2, 0) is 0 Å². The van der Waals surface area contributed by atoms with Crippen LogP contribution < -0.4 is 9.47 Å². The molecule has 0 unspecified atom stereocenters. The monoisotopic (exact) mass is 333 g/mol. The Kier molecular flexibility index (Phi) is 3.57. The van der Waals surface area contributed by atoms with Gasteiger partial charge in [-0.2, -0.15) is 5.10 Å². The molecule has 25 heavy (non-hydrogen) atoms. The summed E-state index contributed by atoms with van der Waals surface area (Å²) < 4.78 is 10.8. The maximum absolute atomic E-state index is 5.43. The van der Waals surface area contributed by atoms with Crippen LogP contribution in [0, 0.1) is 13.8 Å². The van der Waals surface area contributed by atoms with Gasteiger partial charge in [0.1, 0.15) is 5.69 Å². The quantitative estimate of drug-likeness (QED) is 0.603. The van der Waals surface area contributed by atoms with Crippen molar-refractivity contribution in [3.8, 4) is 22.8 Å². The summed E-state index contributed by atoms with van der Waals surface area (Å²) in [5, 5.41) is 9.66. The van der Waals surface area contributed by atoms with Gasteiger partial charge < -0.3 is 9.47 Å². The maximum Gasteiger partial charge on any atom is 0.162 e. The molecule has 4 rings (SSSR count). The standard InChI is InChI=1S/C20H19N3O2/c1-11-5-6-13(7-12(11)2)19-15-10-21-16-9-18(25-4)17(24-3)8-14(16)20(15)23-22-19/h5-10H,1-4H3,(H,22,23). The molecule has 0 spiro atoms. The van der Waals surface area contributed by atoms with E-state index in [1.807, 2.05) is 18.3 Å². The third-order valence-corrected chi connectivity index (χ3v) is 4.69. The molecule has 0 saturated heterocycles. The van der Waals surface area contributed by atoms with Crippen molar-refractivity contribution in [1.29, 1.82) is 0 Å². The first-order valence-electron chi connectivity index (χ1n) is 8.09. The molecule has 0 aliphatic rings. The molecule has 1 N–H and O–H groups in total. The molecule has 2 aromatic heterocycles. The van der Waals surface area contributed by atoms with Crippen LogP contribution in [0.3, 0.4) is 0 Å². The number of nitrogens with zero attached hydrogens (tertiary/aromatic N) is 2. The van der Waals surface area contributed by atoms with Crippen LogP contribution in [0.1, 0.15) is 11.1 Å². The van der Waals surface area contributed by atoms with E-state index >= 15 is 0 Å². The molecule has 0 fully saturated rings. The van der Waals surface area contributed by atoms with Crippen molar-refractivity contribution in [3.63, 3.8) is 0 Å². The van der Waals surface area contributed by atoms with Crippen molar-refractivity contribution in [3.05, 3.63) is 47.7 Å². The van der Waals surface area contributed by atoms with E-state index in [0.717, 1.165) is 33.1 Å². The molecule has 0 amide bonds. The summed E-state index contributed by atoms with van der Waals surface area (Å²) in [4.78, 5) is 4.60. The summed E-state index contributed by atoms with van der Waals surface area (Å²) in [7, 11) is 3.25. The number of H-pyrrole nitrogens is 1. The van der Waals surface area contributed by atoms with Gasteiger partial charge in [-0.3, -0.25) is 10.1 Å². The fourth-order valence-corrected chi connectivity index (χ4v) is 3.10. The Morgan fingerprint density at radius 1 is 0.880 bits per heavy atom. The van der Waals surface area contributed by atoms with E-state index in [2.05, 4.69) is 47.2 Å². The van der Waals surface area contributed by atoms with E-state index in [0.29, 0.717) is 11.5 Å². The molecule has 126 valence electrons. The number of aryl methyl sites for hydroxylation is 2. The van der Waals surface area contributed by atoms with E-state index in [1.54, 1.807) is 14.2 Å². The molecule has 5 nitrogen and oxygen atoms in total. The molecule has 0 atom stereocenters. The first kappa shape index (κ1) is 15.4. The highest BCUT2D eigenvalue weighted by atomic mass is 16.5. The van der Waals surface area contributed by atoms with Gasteiger partial charge >= 0.3 is 0 Å². The zero-order valence-corrected chi connectivity index (χ0v) is 14.7. The highest BCUT2D eigenvalue weighted by Gasteiger charge is 2.15. The van der Waals surface area contributed by atoms with E-state index in [9.17, 15) is 0 Å². The van der Waals surface area contributed by atoms with Gasteiger partial charge in [0.2, 0.25) is 0 Å². The average molecular weight is 333 g/mol. The molecule has 0 bridgehead atoms. The number of methoxy groups -OCH3 is 2. The van der Waals surface area contributed by atoms with Gasteiger partial charge in [-0.1, -0.05) is 12.1 Å². The summed E-state index contributed by atoms with van der Waals surface area (Å²) in [6.45, 7) is 4.22. The third-order valence-electron chi connectivity index (χ3n) is 4.69. The second-order valence-corrected chi connectivity index (χ2v) is 6.14. The van der Waals surface area contributed by atoms with E-state index < -0.39 is 0 Å². The van der Waals surface area contributed by atoms with Gasteiger partial charge in [0.25, 0.3) is 0 Å².